The van der Waals surface area contributed by atoms with E-state index in [0.29, 0.717) is 17.3 Å². The number of para-hydroxylation sites is 1. The van der Waals surface area contributed by atoms with Gasteiger partial charge in [-0.25, -0.2) is 9.50 Å². The number of aromatic nitrogens is 3. The summed E-state index contributed by atoms with van der Waals surface area (Å²) in [7, 11) is 0. The number of hydrogen-bond donors (Lipinski definition) is 1. The van der Waals surface area contributed by atoms with Gasteiger partial charge in [0.2, 0.25) is 5.91 Å². The van der Waals surface area contributed by atoms with Crippen LogP contribution >= 0.6 is 23.4 Å². The van der Waals surface area contributed by atoms with Gasteiger partial charge in [0.05, 0.1) is 34.3 Å². The molecule has 0 bridgehead atoms. The Morgan fingerprint density at radius 3 is 2.77 bits per heavy atom. The Labute approximate surface area is 183 Å². The van der Waals surface area contributed by atoms with Crippen LogP contribution in [0.1, 0.15) is 6.92 Å². The van der Waals surface area contributed by atoms with Gasteiger partial charge in [-0.3, -0.25) is 4.79 Å². The molecule has 30 heavy (non-hydrogen) atoms. The maximum atomic E-state index is 12.3. The second kappa shape index (κ2) is 9.19. The first-order valence-electron chi connectivity index (χ1n) is 9.39. The molecule has 2 aromatic heterocycles. The summed E-state index contributed by atoms with van der Waals surface area (Å²) in [6.45, 7) is 2.58. The van der Waals surface area contributed by atoms with Crippen molar-refractivity contribution in [3.8, 4) is 17.0 Å². The number of rotatable bonds is 7. The summed E-state index contributed by atoms with van der Waals surface area (Å²) in [4.78, 5) is 16.8. The third-order valence-electron chi connectivity index (χ3n) is 4.30. The molecule has 0 saturated heterocycles. The number of halogens is 1. The summed E-state index contributed by atoms with van der Waals surface area (Å²) in [5.74, 6) is 0.886. The van der Waals surface area contributed by atoms with Crippen molar-refractivity contribution in [3.63, 3.8) is 0 Å². The van der Waals surface area contributed by atoms with Crippen molar-refractivity contribution in [3.05, 3.63) is 72.0 Å². The smallest absolute Gasteiger partial charge is 0.234 e. The van der Waals surface area contributed by atoms with Crippen LogP contribution in [0.4, 0.5) is 5.69 Å². The minimum atomic E-state index is -0.150. The summed E-state index contributed by atoms with van der Waals surface area (Å²) in [5, 5.41) is 8.69. The molecule has 0 aliphatic heterocycles. The van der Waals surface area contributed by atoms with E-state index in [1.54, 1.807) is 29.0 Å². The highest BCUT2D eigenvalue weighted by Crippen LogP contribution is 2.27. The van der Waals surface area contributed by atoms with Crippen molar-refractivity contribution in [1.29, 1.82) is 0 Å². The van der Waals surface area contributed by atoms with Crippen molar-refractivity contribution >= 4 is 40.5 Å². The lowest BCUT2D eigenvalue weighted by Crippen LogP contribution is -2.14. The van der Waals surface area contributed by atoms with Crippen molar-refractivity contribution in [2.75, 3.05) is 17.7 Å². The average Bonchev–Trinajstić information content (AvgIpc) is 3.20. The number of anilines is 1. The molecule has 0 unspecified atom stereocenters. The standard InChI is InChI=1S/C22H19ClN4O2S/c1-2-29-16-9-7-15(8-10-16)19-13-20-22(24-11-12-27(20)26-19)30-14-21(28)25-18-6-4-3-5-17(18)23/h3-13H,2,14H2,1H3,(H,25,28). The van der Waals surface area contributed by atoms with E-state index in [9.17, 15) is 4.79 Å². The first-order chi connectivity index (χ1) is 14.6. The van der Waals surface area contributed by atoms with E-state index in [1.807, 2.05) is 49.4 Å². The fourth-order valence-electron chi connectivity index (χ4n) is 2.92. The van der Waals surface area contributed by atoms with E-state index in [4.69, 9.17) is 16.3 Å². The van der Waals surface area contributed by atoms with E-state index in [-0.39, 0.29) is 11.7 Å². The van der Waals surface area contributed by atoms with Crippen molar-refractivity contribution < 1.29 is 9.53 Å². The van der Waals surface area contributed by atoms with Crippen LogP contribution in [-0.4, -0.2) is 32.9 Å². The minimum absolute atomic E-state index is 0.150. The van der Waals surface area contributed by atoms with Gasteiger partial charge in [-0.05, 0) is 49.4 Å². The number of carbonyl (C=O) groups is 1. The minimum Gasteiger partial charge on any atom is -0.494 e. The summed E-state index contributed by atoms with van der Waals surface area (Å²) < 4.78 is 7.26. The number of amides is 1. The molecular formula is C22H19ClN4O2S. The van der Waals surface area contributed by atoms with Gasteiger partial charge in [0.25, 0.3) is 0 Å². The molecule has 4 rings (SSSR count). The second-order valence-corrected chi connectivity index (χ2v) is 7.74. The van der Waals surface area contributed by atoms with Gasteiger partial charge in [0.15, 0.2) is 0 Å². The predicted molar refractivity (Wildman–Crippen MR) is 120 cm³/mol. The molecular weight excluding hydrogens is 420 g/mol. The Balaban J connectivity index is 1.49. The number of benzene rings is 2. The second-order valence-electron chi connectivity index (χ2n) is 6.37. The molecule has 0 aliphatic carbocycles. The van der Waals surface area contributed by atoms with Gasteiger partial charge >= 0.3 is 0 Å². The monoisotopic (exact) mass is 438 g/mol. The first-order valence-corrected chi connectivity index (χ1v) is 10.7. The quantitative estimate of drug-likeness (QED) is 0.403. The Kier molecular flexibility index (Phi) is 6.21. The van der Waals surface area contributed by atoms with Crippen LogP contribution in [0.3, 0.4) is 0 Å². The number of thioether (sulfide) groups is 1. The molecule has 2 heterocycles. The maximum Gasteiger partial charge on any atom is 0.234 e. The molecule has 0 spiro atoms. The van der Waals surface area contributed by atoms with Crippen LogP contribution in [0.15, 0.2) is 72.0 Å². The van der Waals surface area contributed by atoms with Crippen LogP contribution in [0.5, 0.6) is 5.75 Å². The largest absolute Gasteiger partial charge is 0.494 e. The normalized spacial score (nSPS) is 10.9. The van der Waals surface area contributed by atoms with E-state index in [1.165, 1.54) is 11.8 Å². The third-order valence-corrected chi connectivity index (χ3v) is 5.63. The van der Waals surface area contributed by atoms with Gasteiger partial charge in [-0.15, -0.1) is 0 Å². The van der Waals surface area contributed by atoms with E-state index >= 15 is 0 Å². The number of fused-ring (bicyclic) bond motifs is 1. The average molecular weight is 439 g/mol. The first kappa shape index (κ1) is 20.3. The Hall–Kier alpha value is -3.03. The predicted octanol–water partition coefficient (Wildman–Crippen LogP) is 5.18. The summed E-state index contributed by atoms with van der Waals surface area (Å²) in [6.07, 6.45) is 3.47. The number of hydrogen-bond acceptors (Lipinski definition) is 5. The SMILES string of the molecule is CCOc1ccc(-c2cc3c(SCC(=O)Nc4ccccc4Cl)nccn3n2)cc1. The fourth-order valence-corrected chi connectivity index (χ4v) is 3.88. The lowest BCUT2D eigenvalue weighted by molar-refractivity contribution is -0.113. The van der Waals surface area contributed by atoms with Crippen molar-refractivity contribution in [2.45, 2.75) is 11.9 Å². The number of carbonyl (C=O) groups excluding carboxylic acids is 1. The maximum absolute atomic E-state index is 12.3. The van der Waals surface area contributed by atoms with Gasteiger partial charge in [0.1, 0.15) is 10.8 Å². The number of nitrogens with one attached hydrogen (secondary N) is 1. The third kappa shape index (κ3) is 4.58. The molecule has 2 aromatic carbocycles. The molecule has 1 amide bonds. The summed E-state index contributed by atoms with van der Waals surface area (Å²) in [5.41, 5.74) is 3.25. The molecule has 6 nitrogen and oxygen atoms in total. The van der Waals surface area contributed by atoms with Gasteiger partial charge < -0.3 is 10.1 Å². The van der Waals surface area contributed by atoms with Gasteiger partial charge in [-0.2, -0.15) is 5.10 Å². The lowest BCUT2D eigenvalue weighted by atomic mass is 10.1. The van der Waals surface area contributed by atoms with Crippen LogP contribution in [0.25, 0.3) is 16.8 Å². The zero-order valence-corrected chi connectivity index (χ0v) is 17.8. The fraction of sp³-hybridized carbons (Fsp3) is 0.136. The van der Waals surface area contributed by atoms with Crippen molar-refractivity contribution in [1.82, 2.24) is 14.6 Å². The molecule has 4 aromatic rings. The Bertz CT molecular complexity index is 1180. The lowest BCUT2D eigenvalue weighted by Gasteiger charge is -2.07. The molecule has 1 N–H and O–H groups in total. The molecule has 8 heteroatoms. The highest BCUT2D eigenvalue weighted by Gasteiger charge is 2.12. The van der Waals surface area contributed by atoms with Crippen molar-refractivity contribution in [2.24, 2.45) is 0 Å². The zero-order valence-electron chi connectivity index (χ0n) is 16.2. The summed E-state index contributed by atoms with van der Waals surface area (Å²) >= 11 is 7.45. The van der Waals surface area contributed by atoms with E-state index in [0.717, 1.165) is 27.5 Å². The van der Waals surface area contributed by atoms with Crippen LogP contribution in [0.2, 0.25) is 5.02 Å². The highest BCUT2D eigenvalue weighted by molar-refractivity contribution is 8.00. The number of nitrogens with zero attached hydrogens (tertiary/aromatic N) is 3. The molecule has 152 valence electrons. The summed E-state index contributed by atoms with van der Waals surface area (Å²) in [6, 6.07) is 16.9. The molecule has 0 aliphatic rings. The zero-order chi connectivity index (χ0) is 20.9. The Morgan fingerprint density at radius 2 is 2.00 bits per heavy atom. The van der Waals surface area contributed by atoms with Gasteiger partial charge in [0, 0.05) is 18.0 Å². The molecule has 0 saturated carbocycles. The van der Waals surface area contributed by atoms with Gasteiger partial charge in [-0.1, -0.05) is 35.5 Å². The molecule has 0 fully saturated rings. The highest BCUT2D eigenvalue weighted by atomic mass is 35.5. The number of ether oxygens (including phenoxy) is 1. The van der Waals surface area contributed by atoms with Crippen LogP contribution < -0.4 is 10.1 Å². The van der Waals surface area contributed by atoms with E-state index in [2.05, 4.69) is 15.4 Å². The Morgan fingerprint density at radius 1 is 1.20 bits per heavy atom. The van der Waals surface area contributed by atoms with Crippen LogP contribution in [-0.2, 0) is 4.79 Å². The molecule has 0 radical (unpaired) electrons. The van der Waals surface area contributed by atoms with E-state index < -0.39 is 0 Å². The topological polar surface area (TPSA) is 68.5 Å². The van der Waals surface area contributed by atoms with Crippen LogP contribution in [0, 0.1) is 0 Å². The molecule has 0 atom stereocenters.